The Morgan fingerprint density at radius 1 is 0.966 bits per heavy atom. The molecule has 0 bridgehead atoms. The van der Waals surface area contributed by atoms with E-state index in [9.17, 15) is 9.59 Å². The van der Waals surface area contributed by atoms with E-state index in [1.165, 1.54) is 24.9 Å². The van der Waals surface area contributed by atoms with Gasteiger partial charge in [-0.2, -0.15) is 0 Å². The highest BCUT2D eigenvalue weighted by Gasteiger charge is 2.36. The van der Waals surface area contributed by atoms with Gasteiger partial charge in [0.1, 0.15) is 5.41 Å². The molecule has 0 unspecified atom stereocenters. The van der Waals surface area contributed by atoms with Crippen LogP contribution in [0.5, 0.6) is 0 Å². The molecule has 1 heterocycles. The number of piperidine rings is 1. The molecule has 2 aromatic rings. The summed E-state index contributed by atoms with van der Waals surface area (Å²) in [4.78, 5) is 27.8. The number of carbonyl (C=O) groups excluding carboxylic acids is 2. The Bertz CT molecular complexity index is 853. The fourth-order valence-electron chi connectivity index (χ4n) is 3.52. The van der Waals surface area contributed by atoms with Crippen molar-refractivity contribution in [1.29, 1.82) is 0 Å². The SMILES string of the molecule is Cc1cccc(CNC(=O)C(C)(C)C(=O)Nc2ccc(N3CCCCC3)cc2)c1. The summed E-state index contributed by atoms with van der Waals surface area (Å²) in [5.74, 6) is -0.605. The number of rotatable bonds is 6. The molecular formula is C24H31N3O2. The summed E-state index contributed by atoms with van der Waals surface area (Å²) in [6, 6.07) is 15.8. The van der Waals surface area contributed by atoms with Crippen LogP contribution in [0.3, 0.4) is 0 Å². The average Bonchev–Trinajstić information content (AvgIpc) is 2.73. The lowest BCUT2D eigenvalue weighted by molar-refractivity contribution is -0.138. The van der Waals surface area contributed by atoms with E-state index in [1.54, 1.807) is 13.8 Å². The minimum absolute atomic E-state index is 0.290. The maximum Gasteiger partial charge on any atom is 0.239 e. The van der Waals surface area contributed by atoms with Gasteiger partial charge in [0.05, 0.1) is 0 Å². The number of aryl methyl sites for hydroxylation is 1. The van der Waals surface area contributed by atoms with E-state index in [0.717, 1.165) is 24.2 Å². The second kappa shape index (κ2) is 9.12. The second-order valence-electron chi connectivity index (χ2n) is 8.35. The van der Waals surface area contributed by atoms with Gasteiger partial charge in [-0.05, 0) is 69.9 Å². The van der Waals surface area contributed by atoms with Crippen molar-refractivity contribution in [3.8, 4) is 0 Å². The molecule has 2 amide bonds. The van der Waals surface area contributed by atoms with E-state index in [1.807, 2.05) is 55.5 Å². The van der Waals surface area contributed by atoms with Crippen LogP contribution < -0.4 is 15.5 Å². The topological polar surface area (TPSA) is 61.4 Å². The Kier molecular flexibility index (Phi) is 6.57. The van der Waals surface area contributed by atoms with Crippen molar-refractivity contribution in [2.75, 3.05) is 23.3 Å². The third-order valence-corrected chi connectivity index (χ3v) is 5.52. The summed E-state index contributed by atoms with van der Waals surface area (Å²) in [7, 11) is 0. The van der Waals surface area contributed by atoms with E-state index in [0.29, 0.717) is 12.2 Å². The normalized spacial score (nSPS) is 14.4. The Morgan fingerprint density at radius 2 is 1.66 bits per heavy atom. The zero-order valence-corrected chi connectivity index (χ0v) is 17.6. The Labute approximate surface area is 173 Å². The van der Waals surface area contributed by atoms with Crippen molar-refractivity contribution in [2.45, 2.75) is 46.6 Å². The summed E-state index contributed by atoms with van der Waals surface area (Å²) in [6.45, 7) is 7.88. The van der Waals surface area contributed by atoms with Crippen molar-refractivity contribution in [2.24, 2.45) is 5.41 Å². The number of carbonyl (C=O) groups is 2. The smallest absolute Gasteiger partial charge is 0.239 e. The first kappa shape index (κ1) is 20.9. The highest BCUT2D eigenvalue weighted by atomic mass is 16.2. The molecule has 29 heavy (non-hydrogen) atoms. The van der Waals surface area contributed by atoms with Crippen LogP contribution in [-0.2, 0) is 16.1 Å². The van der Waals surface area contributed by atoms with Crippen LogP contribution >= 0.6 is 0 Å². The molecule has 0 aromatic heterocycles. The number of nitrogens with one attached hydrogen (secondary N) is 2. The van der Waals surface area contributed by atoms with E-state index < -0.39 is 5.41 Å². The standard InChI is InChI=1S/C24H31N3O2/c1-18-8-7-9-19(16-18)17-25-22(28)24(2,3)23(29)26-20-10-12-21(13-11-20)27-14-5-4-6-15-27/h7-13,16H,4-6,14-15,17H2,1-3H3,(H,25,28)(H,26,29). The minimum Gasteiger partial charge on any atom is -0.372 e. The molecule has 1 aliphatic heterocycles. The number of hydrogen-bond donors (Lipinski definition) is 2. The van der Waals surface area contributed by atoms with Gasteiger partial charge in [0.25, 0.3) is 0 Å². The predicted octanol–water partition coefficient (Wildman–Crippen LogP) is 4.27. The quantitative estimate of drug-likeness (QED) is 0.721. The van der Waals surface area contributed by atoms with Crippen molar-refractivity contribution in [3.05, 3.63) is 59.7 Å². The molecule has 0 radical (unpaired) electrons. The van der Waals surface area contributed by atoms with Gasteiger partial charge >= 0.3 is 0 Å². The molecule has 154 valence electrons. The van der Waals surface area contributed by atoms with Gasteiger partial charge < -0.3 is 15.5 Å². The minimum atomic E-state index is -1.17. The molecule has 5 nitrogen and oxygen atoms in total. The van der Waals surface area contributed by atoms with Crippen LogP contribution in [0.4, 0.5) is 11.4 Å². The first-order chi connectivity index (χ1) is 13.9. The van der Waals surface area contributed by atoms with Crippen LogP contribution in [0.25, 0.3) is 0 Å². The van der Waals surface area contributed by atoms with Gasteiger partial charge in [0.15, 0.2) is 0 Å². The van der Waals surface area contributed by atoms with Crippen LogP contribution in [0.2, 0.25) is 0 Å². The first-order valence-corrected chi connectivity index (χ1v) is 10.4. The molecule has 1 aliphatic rings. The van der Waals surface area contributed by atoms with Gasteiger partial charge in [-0.15, -0.1) is 0 Å². The molecule has 3 rings (SSSR count). The number of anilines is 2. The molecule has 1 saturated heterocycles. The molecule has 0 saturated carbocycles. The van der Waals surface area contributed by atoms with Gasteiger partial charge in [-0.25, -0.2) is 0 Å². The largest absolute Gasteiger partial charge is 0.372 e. The first-order valence-electron chi connectivity index (χ1n) is 10.4. The van der Waals surface area contributed by atoms with Crippen LogP contribution in [0.1, 0.15) is 44.2 Å². The van der Waals surface area contributed by atoms with Crippen LogP contribution in [-0.4, -0.2) is 24.9 Å². The number of benzene rings is 2. The summed E-state index contributed by atoms with van der Waals surface area (Å²) in [5, 5.41) is 5.76. The molecule has 5 heteroatoms. The van der Waals surface area contributed by atoms with E-state index in [4.69, 9.17) is 0 Å². The predicted molar refractivity (Wildman–Crippen MR) is 118 cm³/mol. The highest BCUT2D eigenvalue weighted by Crippen LogP contribution is 2.24. The molecular weight excluding hydrogens is 362 g/mol. The summed E-state index contributed by atoms with van der Waals surface area (Å²) in [5.41, 5.74) is 2.87. The Morgan fingerprint density at radius 3 is 2.31 bits per heavy atom. The molecule has 2 N–H and O–H groups in total. The van der Waals surface area contributed by atoms with E-state index in [2.05, 4.69) is 15.5 Å². The van der Waals surface area contributed by atoms with Crippen molar-refractivity contribution >= 4 is 23.2 Å². The van der Waals surface area contributed by atoms with E-state index in [-0.39, 0.29) is 11.8 Å². The van der Waals surface area contributed by atoms with E-state index >= 15 is 0 Å². The number of hydrogen-bond acceptors (Lipinski definition) is 3. The molecule has 2 aromatic carbocycles. The molecule has 0 atom stereocenters. The Balaban J connectivity index is 1.57. The monoisotopic (exact) mass is 393 g/mol. The van der Waals surface area contributed by atoms with Crippen molar-refractivity contribution in [3.63, 3.8) is 0 Å². The van der Waals surface area contributed by atoms with Crippen LogP contribution in [0, 0.1) is 12.3 Å². The summed E-state index contributed by atoms with van der Waals surface area (Å²) >= 11 is 0. The second-order valence-corrected chi connectivity index (χ2v) is 8.35. The lowest BCUT2D eigenvalue weighted by Gasteiger charge is -2.29. The fraction of sp³-hybridized carbons (Fsp3) is 0.417. The molecule has 0 spiro atoms. The molecule has 0 aliphatic carbocycles. The third-order valence-electron chi connectivity index (χ3n) is 5.52. The van der Waals surface area contributed by atoms with Gasteiger partial charge in [-0.3, -0.25) is 9.59 Å². The Hall–Kier alpha value is -2.82. The van der Waals surface area contributed by atoms with Crippen LogP contribution in [0.15, 0.2) is 48.5 Å². The van der Waals surface area contributed by atoms with Gasteiger partial charge in [0.2, 0.25) is 11.8 Å². The maximum atomic E-state index is 12.7. The third kappa shape index (κ3) is 5.37. The number of nitrogens with zero attached hydrogens (tertiary/aromatic N) is 1. The van der Waals surface area contributed by atoms with Crippen molar-refractivity contribution < 1.29 is 9.59 Å². The maximum absolute atomic E-state index is 12.7. The lowest BCUT2D eigenvalue weighted by atomic mass is 9.90. The zero-order chi connectivity index (χ0) is 20.9. The van der Waals surface area contributed by atoms with Crippen molar-refractivity contribution in [1.82, 2.24) is 5.32 Å². The average molecular weight is 394 g/mol. The summed E-state index contributed by atoms with van der Waals surface area (Å²) in [6.07, 6.45) is 3.75. The highest BCUT2D eigenvalue weighted by molar-refractivity contribution is 6.09. The lowest BCUT2D eigenvalue weighted by Crippen LogP contribution is -2.44. The summed E-state index contributed by atoms with van der Waals surface area (Å²) < 4.78 is 0. The van der Waals surface area contributed by atoms with Gasteiger partial charge in [0, 0.05) is 31.0 Å². The molecule has 1 fully saturated rings. The number of amides is 2. The van der Waals surface area contributed by atoms with Gasteiger partial charge in [-0.1, -0.05) is 29.8 Å². The fourth-order valence-corrected chi connectivity index (χ4v) is 3.52. The zero-order valence-electron chi connectivity index (χ0n) is 17.6.